The van der Waals surface area contributed by atoms with Crippen molar-refractivity contribution in [1.29, 1.82) is 0 Å². The highest BCUT2D eigenvalue weighted by Gasteiger charge is 2.60. The van der Waals surface area contributed by atoms with E-state index in [-0.39, 0.29) is 23.2 Å². The van der Waals surface area contributed by atoms with E-state index in [1.165, 1.54) is 0 Å². The summed E-state index contributed by atoms with van der Waals surface area (Å²) in [6.45, 7) is 7.86. The van der Waals surface area contributed by atoms with Crippen molar-refractivity contribution in [1.82, 2.24) is 10.2 Å². The molecule has 5 nitrogen and oxygen atoms in total. The van der Waals surface area contributed by atoms with Gasteiger partial charge in [0.05, 0.1) is 5.56 Å². The van der Waals surface area contributed by atoms with Crippen LogP contribution < -0.4 is 10.6 Å². The summed E-state index contributed by atoms with van der Waals surface area (Å²) in [5, 5.41) is 6.95. The zero-order valence-electron chi connectivity index (χ0n) is 16.0. The monoisotopic (exact) mass is 355 g/mol. The van der Waals surface area contributed by atoms with Crippen molar-refractivity contribution in [3.63, 3.8) is 0 Å². The van der Waals surface area contributed by atoms with E-state index in [1.807, 2.05) is 43.0 Å². The topological polar surface area (TPSA) is 61.4 Å². The standard InChI is InChI=1S/C21H29N3O2/c1-4-24(5-2)19(26)16-12-14-10-11-20(16,3)13-21(14)22-17-9-7-6-8-15(17)18(25)23-21/h6-9,14,16,22H,4-5,10-13H2,1-3H3,(H,23,25)/t14-,16+,20+,21+/m1/s1. The quantitative estimate of drug-likeness (QED) is 0.875. The lowest BCUT2D eigenvalue weighted by molar-refractivity contribution is -0.150. The van der Waals surface area contributed by atoms with Crippen LogP contribution in [-0.4, -0.2) is 35.5 Å². The third-order valence-corrected chi connectivity index (χ3v) is 7.04. The fourth-order valence-electron chi connectivity index (χ4n) is 5.58. The molecule has 4 atom stereocenters. The van der Waals surface area contributed by atoms with Gasteiger partial charge in [-0.05, 0) is 57.1 Å². The summed E-state index contributed by atoms with van der Waals surface area (Å²) < 4.78 is 0. The SMILES string of the molecule is CCN(CC)C(=O)[C@@H]1C[C@H]2CC[C@@]1(C)C[C@]21NC(=O)c2ccccc2N1. The molecular weight excluding hydrogens is 326 g/mol. The number of para-hydroxylation sites is 1. The highest BCUT2D eigenvalue weighted by Crippen LogP contribution is 2.58. The van der Waals surface area contributed by atoms with Crippen LogP contribution in [0.15, 0.2) is 24.3 Å². The van der Waals surface area contributed by atoms with Gasteiger partial charge in [0.1, 0.15) is 5.66 Å². The molecule has 3 aliphatic carbocycles. The van der Waals surface area contributed by atoms with Gasteiger partial charge >= 0.3 is 0 Å². The number of amides is 2. The first-order chi connectivity index (χ1) is 12.4. The number of nitrogens with one attached hydrogen (secondary N) is 2. The van der Waals surface area contributed by atoms with Crippen LogP contribution in [0, 0.1) is 17.3 Å². The molecule has 5 rings (SSSR count). The number of hydrogen-bond acceptors (Lipinski definition) is 3. The van der Waals surface area contributed by atoms with Crippen molar-refractivity contribution in [2.24, 2.45) is 17.3 Å². The second kappa shape index (κ2) is 6.00. The largest absolute Gasteiger partial charge is 0.362 e. The predicted octanol–water partition coefficient (Wildman–Crippen LogP) is 3.23. The molecule has 0 radical (unpaired) electrons. The minimum absolute atomic E-state index is 0.00196. The maximum atomic E-state index is 13.1. The maximum absolute atomic E-state index is 13.1. The van der Waals surface area contributed by atoms with E-state index in [4.69, 9.17) is 0 Å². The van der Waals surface area contributed by atoms with Crippen molar-refractivity contribution in [2.45, 2.75) is 52.1 Å². The number of hydrogen-bond donors (Lipinski definition) is 2. The van der Waals surface area contributed by atoms with Gasteiger partial charge in [0.25, 0.3) is 5.91 Å². The molecule has 1 heterocycles. The number of fused-ring (bicyclic) bond motifs is 3. The van der Waals surface area contributed by atoms with Gasteiger partial charge in [-0.2, -0.15) is 0 Å². The van der Waals surface area contributed by atoms with Crippen LogP contribution >= 0.6 is 0 Å². The molecule has 0 aromatic heterocycles. The molecule has 1 aliphatic heterocycles. The molecule has 4 aliphatic rings. The Morgan fingerprint density at radius 3 is 2.65 bits per heavy atom. The molecule has 3 fully saturated rings. The van der Waals surface area contributed by atoms with Crippen LogP contribution in [0.2, 0.25) is 0 Å². The van der Waals surface area contributed by atoms with Gasteiger partial charge in [-0.1, -0.05) is 19.1 Å². The number of benzene rings is 1. The van der Waals surface area contributed by atoms with Crippen LogP contribution in [0.25, 0.3) is 0 Å². The molecule has 1 aromatic carbocycles. The third kappa shape index (κ3) is 2.43. The van der Waals surface area contributed by atoms with Crippen LogP contribution in [-0.2, 0) is 4.79 Å². The Labute approximate surface area is 155 Å². The second-order valence-electron chi connectivity index (χ2n) is 8.46. The summed E-state index contributed by atoms with van der Waals surface area (Å²) in [7, 11) is 0. The van der Waals surface area contributed by atoms with E-state index < -0.39 is 5.66 Å². The summed E-state index contributed by atoms with van der Waals surface area (Å²) in [5.41, 5.74) is 1.12. The smallest absolute Gasteiger partial charge is 0.255 e. The minimum atomic E-state index is -0.418. The highest BCUT2D eigenvalue weighted by molar-refractivity contribution is 6.02. The Hall–Kier alpha value is -2.04. The van der Waals surface area contributed by atoms with E-state index in [0.717, 1.165) is 44.5 Å². The first-order valence-corrected chi connectivity index (χ1v) is 9.91. The number of nitrogens with zero attached hydrogens (tertiary/aromatic N) is 1. The van der Waals surface area contributed by atoms with Gasteiger partial charge in [0, 0.05) is 30.6 Å². The molecule has 2 N–H and O–H groups in total. The van der Waals surface area contributed by atoms with Gasteiger partial charge in [-0.25, -0.2) is 0 Å². The molecule has 2 amide bonds. The third-order valence-electron chi connectivity index (χ3n) is 7.04. The number of rotatable bonds is 3. The lowest BCUT2D eigenvalue weighted by Crippen LogP contribution is -2.70. The first-order valence-electron chi connectivity index (χ1n) is 9.91. The second-order valence-corrected chi connectivity index (χ2v) is 8.46. The van der Waals surface area contributed by atoms with Gasteiger partial charge in [-0.3, -0.25) is 9.59 Å². The van der Waals surface area contributed by atoms with E-state index in [2.05, 4.69) is 17.6 Å². The van der Waals surface area contributed by atoms with E-state index in [9.17, 15) is 9.59 Å². The summed E-state index contributed by atoms with van der Waals surface area (Å²) in [6.07, 6.45) is 3.76. The van der Waals surface area contributed by atoms with Crippen LogP contribution in [0.5, 0.6) is 0 Å². The van der Waals surface area contributed by atoms with Crippen molar-refractivity contribution >= 4 is 17.5 Å². The number of carbonyl (C=O) groups is 2. The Kier molecular flexibility index (Phi) is 4.01. The molecule has 0 saturated heterocycles. The zero-order chi connectivity index (χ0) is 18.5. The summed E-state index contributed by atoms with van der Waals surface area (Å²) in [4.78, 5) is 27.8. The van der Waals surface area contributed by atoms with Gasteiger partial charge in [0.2, 0.25) is 5.91 Å². The first kappa shape index (κ1) is 17.4. The Morgan fingerprint density at radius 2 is 1.96 bits per heavy atom. The molecule has 26 heavy (non-hydrogen) atoms. The van der Waals surface area contributed by atoms with Crippen molar-refractivity contribution < 1.29 is 9.59 Å². The Morgan fingerprint density at radius 1 is 1.23 bits per heavy atom. The maximum Gasteiger partial charge on any atom is 0.255 e. The molecule has 1 spiro atoms. The number of carbonyl (C=O) groups excluding carboxylic acids is 2. The van der Waals surface area contributed by atoms with Crippen molar-refractivity contribution in [3.05, 3.63) is 29.8 Å². The van der Waals surface area contributed by atoms with E-state index in [0.29, 0.717) is 11.5 Å². The fraction of sp³-hybridized carbons (Fsp3) is 0.619. The van der Waals surface area contributed by atoms with Crippen LogP contribution in [0.3, 0.4) is 0 Å². The molecule has 140 valence electrons. The average Bonchev–Trinajstić information content (AvgIpc) is 2.62. The molecule has 0 unspecified atom stereocenters. The molecule has 2 bridgehead atoms. The van der Waals surface area contributed by atoms with Crippen LogP contribution in [0.4, 0.5) is 5.69 Å². The predicted molar refractivity (Wildman–Crippen MR) is 102 cm³/mol. The van der Waals surface area contributed by atoms with Crippen molar-refractivity contribution in [2.75, 3.05) is 18.4 Å². The van der Waals surface area contributed by atoms with Gasteiger partial charge in [0.15, 0.2) is 0 Å². The number of anilines is 1. The van der Waals surface area contributed by atoms with Gasteiger partial charge < -0.3 is 15.5 Å². The minimum Gasteiger partial charge on any atom is -0.362 e. The Balaban J connectivity index is 1.64. The fourth-order valence-corrected chi connectivity index (χ4v) is 5.58. The molecular formula is C21H29N3O2. The molecule has 5 heteroatoms. The van der Waals surface area contributed by atoms with Gasteiger partial charge in [-0.15, -0.1) is 0 Å². The zero-order valence-corrected chi connectivity index (χ0v) is 16.0. The normalized spacial score (nSPS) is 34.8. The molecule has 3 saturated carbocycles. The lowest BCUT2D eigenvalue weighted by atomic mass is 9.51. The summed E-state index contributed by atoms with van der Waals surface area (Å²) in [6, 6.07) is 7.71. The molecule has 1 aromatic rings. The van der Waals surface area contributed by atoms with Crippen LogP contribution in [0.1, 0.15) is 56.8 Å². The lowest BCUT2D eigenvalue weighted by Gasteiger charge is -2.61. The Bertz CT molecular complexity index is 745. The highest BCUT2D eigenvalue weighted by atomic mass is 16.2. The summed E-state index contributed by atoms with van der Waals surface area (Å²) in [5.74, 6) is 0.635. The van der Waals surface area contributed by atoms with Crippen molar-refractivity contribution in [3.8, 4) is 0 Å². The van der Waals surface area contributed by atoms with E-state index in [1.54, 1.807) is 0 Å². The van der Waals surface area contributed by atoms with E-state index >= 15 is 0 Å². The summed E-state index contributed by atoms with van der Waals surface area (Å²) >= 11 is 0. The average molecular weight is 355 g/mol.